The SMILES string of the molecule is CCc1noc(CNC(=O)c2n[nH]c3c2CCN(C(=O)C2Cc4ccccc4O2)C3)n1. The Morgan fingerprint density at radius 1 is 1.32 bits per heavy atom. The van der Waals surface area contributed by atoms with Gasteiger partial charge in [0.1, 0.15) is 5.75 Å². The average molecular weight is 422 g/mol. The van der Waals surface area contributed by atoms with E-state index in [-0.39, 0.29) is 18.4 Å². The van der Waals surface area contributed by atoms with Crippen LogP contribution in [0.5, 0.6) is 5.75 Å². The molecule has 2 amide bonds. The van der Waals surface area contributed by atoms with Crippen molar-refractivity contribution in [3.05, 3.63) is 58.5 Å². The first kappa shape index (κ1) is 19.3. The third kappa shape index (κ3) is 3.65. The Morgan fingerprint density at radius 2 is 2.19 bits per heavy atom. The molecule has 1 atom stereocenters. The number of ether oxygens (including phenoxy) is 1. The minimum atomic E-state index is -0.507. The van der Waals surface area contributed by atoms with E-state index in [9.17, 15) is 9.59 Å². The summed E-state index contributed by atoms with van der Waals surface area (Å²) in [6.07, 6.45) is 1.27. The van der Waals surface area contributed by atoms with Gasteiger partial charge >= 0.3 is 0 Å². The monoisotopic (exact) mass is 422 g/mol. The average Bonchev–Trinajstić information content (AvgIpc) is 3.54. The highest BCUT2D eigenvalue weighted by atomic mass is 16.5. The summed E-state index contributed by atoms with van der Waals surface area (Å²) in [6, 6.07) is 7.71. The van der Waals surface area contributed by atoms with Gasteiger partial charge in [-0.3, -0.25) is 14.7 Å². The van der Waals surface area contributed by atoms with E-state index in [0.29, 0.717) is 49.8 Å². The van der Waals surface area contributed by atoms with Gasteiger partial charge in [0.15, 0.2) is 17.6 Å². The zero-order chi connectivity index (χ0) is 21.4. The maximum Gasteiger partial charge on any atom is 0.272 e. The molecule has 2 aliphatic heterocycles. The lowest BCUT2D eigenvalue weighted by molar-refractivity contribution is -0.138. The zero-order valence-corrected chi connectivity index (χ0v) is 17.1. The molecule has 0 aliphatic carbocycles. The van der Waals surface area contributed by atoms with Gasteiger partial charge in [0.25, 0.3) is 11.8 Å². The highest BCUT2D eigenvalue weighted by Crippen LogP contribution is 2.30. The topological polar surface area (TPSA) is 126 Å². The number of benzene rings is 1. The first-order valence-corrected chi connectivity index (χ1v) is 10.3. The predicted octanol–water partition coefficient (Wildman–Crippen LogP) is 1.17. The van der Waals surface area contributed by atoms with Crippen molar-refractivity contribution in [2.75, 3.05) is 6.54 Å². The molecule has 5 rings (SSSR count). The largest absolute Gasteiger partial charge is 0.480 e. The molecule has 0 spiro atoms. The lowest BCUT2D eigenvalue weighted by Gasteiger charge is -2.28. The minimum absolute atomic E-state index is 0.0504. The van der Waals surface area contributed by atoms with E-state index in [1.807, 2.05) is 31.2 Å². The van der Waals surface area contributed by atoms with Crippen LogP contribution in [0.25, 0.3) is 0 Å². The van der Waals surface area contributed by atoms with E-state index in [1.165, 1.54) is 0 Å². The molecular weight excluding hydrogens is 400 g/mol. The summed E-state index contributed by atoms with van der Waals surface area (Å²) >= 11 is 0. The second kappa shape index (κ2) is 7.86. The highest BCUT2D eigenvalue weighted by Gasteiger charge is 2.35. The quantitative estimate of drug-likeness (QED) is 0.632. The number of aryl methyl sites for hydroxylation is 1. The van der Waals surface area contributed by atoms with Crippen LogP contribution in [0, 0.1) is 0 Å². The number of nitrogens with zero attached hydrogens (tertiary/aromatic N) is 4. The number of carbonyl (C=O) groups excluding carboxylic acids is 2. The van der Waals surface area contributed by atoms with Crippen LogP contribution >= 0.6 is 0 Å². The molecule has 3 aromatic rings. The van der Waals surface area contributed by atoms with E-state index in [0.717, 1.165) is 22.6 Å². The maximum atomic E-state index is 13.0. The molecule has 2 aliphatic rings. The van der Waals surface area contributed by atoms with Crippen LogP contribution < -0.4 is 10.1 Å². The molecular formula is C21H22N6O4. The lowest BCUT2D eigenvalue weighted by Crippen LogP contribution is -2.44. The Kier molecular flexibility index (Phi) is 4.89. The summed E-state index contributed by atoms with van der Waals surface area (Å²) in [5, 5.41) is 13.7. The Labute approximate surface area is 178 Å². The van der Waals surface area contributed by atoms with Gasteiger partial charge in [0.2, 0.25) is 5.89 Å². The van der Waals surface area contributed by atoms with Crippen LogP contribution in [-0.4, -0.2) is 49.7 Å². The van der Waals surface area contributed by atoms with Gasteiger partial charge in [-0.15, -0.1) is 0 Å². The Hall–Kier alpha value is -3.69. The molecule has 1 unspecified atom stereocenters. The normalized spacial score (nSPS) is 17.1. The van der Waals surface area contributed by atoms with Gasteiger partial charge in [-0.05, 0) is 18.1 Å². The second-order valence-electron chi connectivity index (χ2n) is 7.60. The van der Waals surface area contributed by atoms with Crippen molar-refractivity contribution in [2.45, 2.75) is 45.4 Å². The van der Waals surface area contributed by atoms with Crippen LogP contribution in [-0.2, 0) is 37.1 Å². The van der Waals surface area contributed by atoms with Crippen LogP contribution in [0.1, 0.15) is 45.9 Å². The van der Waals surface area contributed by atoms with E-state index in [1.54, 1.807) is 4.90 Å². The van der Waals surface area contributed by atoms with E-state index >= 15 is 0 Å². The molecule has 0 radical (unpaired) electrons. The van der Waals surface area contributed by atoms with Crippen molar-refractivity contribution in [2.24, 2.45) is 0 Å². The predicted molar refractivity (Wildman–Crippen MR) is 107 cm³/mol. The number of hydrogen-bond acceptors (Lipinski definition) is 7. The number of aromatic amines is 1. The molecule has 0 bridgehead atoms. The van der Waals surface area contributed by atoms with Crippen LogP contribution in [0.3, 0.4) is 0 Å². The molecule has 0 saturated heterocycles. The summed E-state index contributed by atoms with van der Waals surface area (Å²) in [4.78, 5) is 31.5. The van der Waals surface area contributed by atoms with Gasteiger partial charge in [-0.25, -0.2) is 0 Å². The van der Waals surface area contributed by atoms with Crippen LogP contribution in [0.2, 0.25) is 0 Å². The summed E-state index contributed by atoms with van der Waals surface area (Å²) in [6.45, 7) is 2.94. The molecule has 1 aromatic carbocycles. The van der Waals surface area contributed by atoms with Crippen LogP contribution in [0.15, 0.2) is 28.8 Å². The fourth-order valence-electron chi connectivity index (χ4n) is 3.96. The van der Waals surface area contributed by atoms with Gasteiger partial charge < -0.3 is 19.5 Å². The summed E-state index contributed by atoms with van der Waals surface area (Å²) in [5.41, 5.74) is 2.98. The Bertz CT molecular complexity index is 1110. The fraction of sp³-hybridized carbons (Fsp3) is 0.381. The molecule has 0 saturated carbocycles. The maximum absolute atomic E-state index is 13.0. The van der Waals surface area contributed by atoms with Gasteiger partial charge in [0, 0.05) is 24.9 Å². The Morgan fingerprint density at radius 3 is 3.00 bits per heavy atom. The molecule has 2 aromatic heterocycles. The molecule has 10 heteroatoms. The van der Waals surface area contributed by atoms with Gasteiger partial charge in [-0.1, -0.05) is 30.3 Å². The minimum Gasteiger partial charge on any atom is -0.480 e. The Balaban J connectivity index is 1.22. The molecule has 4 heterocycles. The molecule has 31 heavy (non-hydrogen) atoms. The van der Waals surface area contributed by atoms with E-state index in [4.69, 9.17) is 9.26 Å². The van der Waals surface area contributed by atoms with Crippen molar-refractivity contribution in [3.8, 4) is 5.75 Å². The van der Waals surface area contributed by atoms with E-state index in [2.05, 4.69) is 25.7 Å². The number of para-hydroxylation sites is 1. The number of carbonyl (C=O) groups is 2. The number of aromatic nitrogens is 4. The molecule has 0 fully saturated rings. The number of amides is 2. The third-order valence-corrected chi connectivity index (χ3v) is 5.61. The highest BCUT2D eigenvalue weighted by molar-refractivity contribution is 5.94. The van der Waals surface area contributed by atoms with Crippen molar-refractivity contribution in [1.29, 1.82) is 0 Å². The van der Waals surface area contributed by atoms with Gasteiger partial charge in [-0.2, -0.15) is 10.1 Å². The number of hydrogen-bond donors (Lipinski definition) is 2. The zero-order valence-electron chi connectivity index (χ0n) is 17.1. The van der Waals surface area contributed by atoms with Crippen molar-refractivity contribution in [3.63, 3.8) is 0 Å². The van der Waals surface area contributed by atoms with Crippen molar-refractivity contribution < 1.29 is 18.8 Å². The number of nitrogens with one attached hydrogen (secondary N) is 2. The summed E-state index contributed by atoms with van der Waals surface area (Å²) in [7, 11) is 0. The van der Waals surface area contributed by atoms with Crippen molar-refractivity contribution in [1.82, 2.24) is 30.6 Å². The number of H-pyrrole nitrogens is 1. The van der Waals surface area contributed by atoms with E-state index < -0.39 is 6.10 Å². The first-order chi connectivity index (χ1) is 15.1. The second-order valence-corrected chi connectivity index (χ2v) is 7.60. The smallest absolute Gasteiger partial charge is 0.272 e. The standard InChI is InChI=1S/C21H22N6O4/c1-2-17-23-18(31-26-17)10-22-20(28)19-13-7-8-27(11-14(13)24-25-19)21(29)16-9-12-5-3-4-6-15(12)30-16/h3-6,16H,2,7-11H2,1H3,(H,22,28)(H,24,25). The summed E-state index contributed by atoms with van der Waals surface area (Å²) in [5.74, 6) is 1.35. The number of rotatable bonds is 5. The molecule has 160 valence electrons. The third-order valence-electron chi connectivity index (χ3n) is 5.61. The van der Waals surface area contributed by atoms with Crippen LogP contribution in [0.4, 0.5) is 0 Å². The fourth-order valence-corrected chi connectivity index (χ4v) is 3.96. The van der Waals surface area contributed by atoms with Gasteiger partial charge in [0.05, 0.1) is 18.8 Å². The van der Waals surface area contributed by atoms with Crippen molar-refractivity contribution >= 4 is 11.8 Å². The first-order valence-electron chi connectivity index (χ1n) is 10.3. The lowest BCUT2D eigenvalue weighted by atomic mass is 10.0. The molecule has 10 nitrogen and oxygen atoms in total. The summed E-state index contributed by atoms with van der Waals surface area (Å²) < 4.78 is 10.9. The number of fused-ring (bicyclic) bond motifs is 2. The molecule has 2 N–H and O–H groups in total.